The van der Waals surface area contributed by atoms with Gasteiger partial charge in [-0.3, -0.25) is 13.7 Å². The van der Waals surface area contributed by atoms with Crippen molar-refractivity contribution in [2.45, 2.75) is 90.9 Å². The molecule has 0 N–H and O–H groups in total. The third kappa shape index (κ3) is 7.75. The van der Waals surface area contributed by atoms with Gasteiger partial charge in [-0.25, -0.2) is 4.98 Å². The zero-order chi connectivity index (χ0) is 44.3. The molecule has 63 heavy (non-hydrogen) atoms. The number of fused-ring (bicyclic) bond motifs is 3. The lowest BCUT2D eigenvalue weighted by atomic mass is 9.76. The first-order valence-electron chi connectivity index (χ1n) is 22.1. The molecule has 3 aromatic heterocycles. The fraction of sp³-hybridized carbons (Fsp3) is 0.241. The quantitative estimate of drug-likeness (QED) is 0.107. The Morgan fingerprint density at radius 1 is 0.524 bits per heavy atom. The zero-order valence-electron chi connectivity index (χ0n) is 38.4. The van der Waals surface area contributed by atoms with Gasteiger partial charge in [0, 0.05) is 40.1 Å². The highest BCUT2D eigenvalue weighted by molar-refractivity contribution is 6.11. The maximum Gasteiger partial charge on any atom is 0.269 e. The molecule has 316 valence electrons. The Hall–Kier alpha value is -6.72. The van der Waals surface area contributed by atoms with Crippen LogP contribution in [0.5, 0.6) is 11.5 Å². The van der Waals surface area contributed by atoms with E-state index < -0.39 is 0 Å². The van der Waals surface area contributed by atoms with E-state index in [4.69, 9.17) is 9.72 Å². The van der Waals surface area contributed by atoms with Crippen molar-refractivity contribution in [3.63, 3.8) is 0 Å². The minimum atomic E-state index is -0.369. The molecule has 0 saturated heterocycles. The Kier molecular flexibility index (Phi) is 10.3. The van der Waals surface area contributed by atoms with Gasteiger partial charge in [-0.05, 0) is 93.2 Å². The average Bonchev–Trinajstić information content (AvgIpc) is 3.88. The van der Waals surface area contributed by atoms with Crippen molar-refractivity contribution >= 4 is 21.8 Å². The topological polar surface area (TPSA) is 35.9 Å². The van der Waals surface area contributed by atoms with Gasteiger partial charge in [0.2, 0.25) is 0 Å². The van der Waals surface area contributed by atoms with Crippen LogP contribution in [0.25, 0.3) is 39.0 Å². The van der Waals surface area contributed by atoms with E-state index in [-0.39, 0.29) is 21.7 Å². The lowest BCUT2D eigenvalue weighted by Crippen LogP contribution is -2.29. The van der Waals surface area contributed by atoms with Gasteiger partial charge in [-0.1, -0.05) is 166 Å². The Balaban J connectivity index is 1.22. The number of nitrogens with zero attached hydrogens (tertiary/aromatic N) is 4. The number of para-hydroxylation sites is 1. The van der Waals surface area contributed by atoms with Crippen molar-refractivity contribution in [3.8, 4) is 28.7 Å². The van der Waals surface area contributed by atoms with Gasteiger partial charge in [0.15, 0.2) is 0 Å². The Morgan fingerprint density at radius 2 is 1.14 bits per heavy atom. The maximum absolute atomic E-state index is 7.07. The van der Waals surface area contributed by atoms with E-state index in [9.17, 15) is 0 Å². The predicted octanol–water partition coefficient (Wildman–Crippen LogP) is 14.1. The summed E-state index contributed by atoms with van der Waals surface area (Å²) < 4.78 is 13.7. The van der Waals surface area contributed by atoms with Crippen molar-refractivity contribution in [1.82, 2.24) is 14.1 Å². The molecule has 0 radical (unpaired) electrons. The summed E-state index contributed by atoms with van der Waals surface area (Å²) in [5, 5.41) is 2.37. The third-order valence-electron chi connectivity index (χ3n) is 12.9. The molecule has 0 spiro atoms. The summed E-state index contributed by atoms with van der Waals surface area (Å²) in [6, 6.07) is 56.2. The first kappa shape index (κ1) is 41.6. The maximum atomic E-state index is 7.07. The number of rotatable bonds is 9. The van der Waals surface area contributed by atoms with Crippen molar-refractivity contribution < 1.29 is 9.30 Å². The largest absolute Gasteiger partial charge is 0.458 e. The second kappa shape index (κ2) is 15.6. The third-order valence-corrected chi connectivity index (χ3v) is 12.9. The van der Waals surface area contributed by atoms with Gasteiger partial charge in [0.05, 0.1) is 28.1 Å². The summed E-state index contributed by atoms with van der Waals surface area (Å²) in [5.41, 5.74) is 10.7. The number of aromatic nitrogens is 4. The number of ether oxygens (including phenoxy) is 1. The SMILES string of the molecule is CC(C)(C)c1cccc(-[n+]2[c-]n(-c3cccc(Oc4cc(C(C)(C)c5ccccc5)c5c6ccccc6n(-c6cc(C(C)(C)C)ccn6)c5c4)c3)c(C(C)(C)c3ccccc3)c2)c1. The summed E-state index contributed by atoms with van der Waals surface area (Å²) in [6.07, 6.45) is 7.92. The molecule has 0 amide bonds. The standard InChI is InChI=1S/C58H58N4O/c1-55(2,3)42-25-19-26-44(33-42)60-38-52(58(9,10)41-23-15-12-16-24-41)61(39-60)45-27-20-28-46(35-45)63-47-36-49(57(7,8)40-21-13-11-14-22-40)54-48-29-17-18-30-50(48)62(51(54)37-47)53-34-43(31-32-59-53)56(4,5)6/h11-38H,1-10H3. The predicted molar refractivity (Wildman–Crippen MR) is 259 cm³/mol. The fourth-order valence-corrected chi connectivity index (χ4v) is 8.97. The van der Waals surface area contributed by atoms with E-state index in [1.807, 2.05) is 12.3 Å². The molecular formula is C58H58N4O. The van der Waals surface area contributed by atoms with Gasteiger partial charge in [0.25, 0.3) is 6.33 Å². The second-order valence-corrected chi connectivity index (χ2v) is 20.1. The molecule has 0 aliphatic heterocycles. The molecule has 9 aromatic rings. The molecule has 6 aromatic carbocycles. The summed E-state index contributed by atoms with van der Waals surface area (Å²) in [7, 11) is 0. The van der Waals surface area contributed by atoms with Gasteiger partial charge in [-0.15, -0.1) is 0 Å². The van der Waals surface area contributed by atoms with Crippen LogP contribution in [-0.4, -0.2) is 14.1 Å². The van der Waals surface area contributed by atoms with Crippen LogP contribution in [0.15, 0.2) is 170 Å². The number of hydrogen-bond donors (Lipinski definition) is 0. The molecule has 3 heterocycles. The summed E-state index contributed by atoms with van der Waals surface area (Å²) in [6.45, 7) is 22.7. The molecule has 0 aliphatic rings. The minimum Gasteiger partial charge on any atom is -0.458 e. The molecule has 0 atom stereocenters. The summed E-state index contributed by atoms with van der Waals surface area (Å²) in [4.78, 5) is 5.01. The van der Waals surface area contributed by atoms with Crippen molar-refractivity contribution in [2.75, 3.05) is 0 Å². The van der Waals surface area contributed by atoms with E-state index in [1.165, 1.54) is 38.6 Å². The molecule has 0 aliphatic carbocycles. The lowest BCUT2D eigenvalue weighted by Gasteiger charge is -2.28. The van der Waals surface area contributed by atoms with Crippen LogP contribution in [0.2, 0.25) is 0 Å². The molecular weight excluding hydrogens is 769 g/mol. The molecule has 5 nitrogen and oxygen atoms in total. The summed E-state index contributed by atoms with van der Waals surface area (Å²) in [5.74, 6) is 2.37. The van der Waals surface area contributed by atoms with Crippen LogP contribution < -0.4 is 9.30 Å². The second-order valence-electron chi connectivity index (χ2n) is 20.1. The minimum absolute atomic E-state index is 0.0114. The van der Waals surface area contributed by atoms with Gasteiger partial charge < -0.3 is 4.74 Å². The number of hydrogen-bond acceptors (Lipinski definition) is 2. The molecule has 0 saturated carbocycles. The van der Waals surface area contributed by atoms with E-state index >= 15 is 0 Å². The zero-order valence-corrected chi connectivity index (χ0v) is 38.4. The van der Waals surface area contributed by atoms with Gasteiger partial charge in [0.1, 0.15) is 17.3 Å². The first-order chi connectivity index (χ1) is 30.0. The summed E-state index contributed by atoms with van der Waals surface area (Å²) >= 11 is 0. The Morgan fingerprint density at radius 3 is 1.84 bits per heavy atom. The van der Waals surface area contributed by atoms with Crippen LogP contribution >= 0.6 is 0 Å². The normalized spacial score (nSPS) is 12.6. The number of imidazole rings is 1. The first-order valence-corrected chi connectivity index (χ1v) is 22.1. The van der Waals surface area contributed by atoms with Crippen LogP contribution in [0.3, 0.4) is 0 Å². The monoisotopic (exact) mass is 826 g/mol. The highest BCUT2D eigenvalue weighted by atomic mass is 16.5. The van der Waals surface area contributed by atoms with E-state index in [2.05, 4.69) is 247 Å². The van der Waals surface area contributed by atoms with Crippen LogP contribution in [0.4, 0.5) is 0 Å². The fourth-order valence-electron chi connectivity index (χ4n) is 8.97. The van der Waals surface area contributed by atoms with E-state index in [0.29, 0.717) is 0 Å². The highest BCUT2D eigenvalue weighted by Gasteiger charge is 2.31. The van der Waals surface area contributed by atoms with E-state index in [1.54, 1.807) is 0 Å². The number of benzene rings is 6. The molecule has 5 heteroatoms. The van der Waals surface area contributed by atoms with E-state index in [0.717, 1.165) is 45.4 Å². The molecule has 0 fully saturated rings. The Bertz CT molecular complexity index is 3100. The molecule has 0 unspecified atom stereocenters. The van der Waals surface area contributed by atoms with Crippen LogP contribution in [-0.2, 0) is 21.7 Å². The lowest BCUT2D eigenvalue weighted by molar-refractivity contribution is -0.599. The Labute approximate surface area is 373 Å². The van der Waals surface area contributed by atoms with Gasteiger partial charge in [-0.2, -0.15) is 0 Å². The number of pyridine rings is 1. The molecule has 0 bridgehead atoms. The molecule has 9 rings (SSSR count). The van der Waals surface area contributed by atoms with Crippen LogP contribution in [0.1, 0.15) is 103 Å². The average molecular weight is 827 g/mol. The van der Waals surface area contributed by atoms with Crippen molar-refractivity contribution in [3.05, 3.63) is 210 Å². The highest BCUT2D eigenvalue weighted by Crippen LogP contribution is 2.45. The smallest absolute Gasteiger partial charge is 0.269 e. The van der Waals surface area contributed by atoms with Crippen LogP contribution in [0, 0.1) is 6.33 Å². The van der Waals surface area contributed by atoms with Crippen molar-refractivity contribution in [1.29, 1.82) is 0 Å². The van der Waals surface area contributed by atoms with Crippen molar-refractivity contribution in [2.24, 2.45) is 0 Å². The van der Waals surface area contributed by atoms with Gasteiger partial charge >= 0.3 is 0 Å².